The van der Waals surface area contributed by atoms with E-state index in [0.717, 1.165) is 24.6 Å². The van der Waals surface area contributed by atoms with Crippen LogP contribution in [0, 0.1) is 5.82 Å². The molecule has 0 radical (unpaired) electrons. The second-order valence-corrected chi connectivity index (χ2v) is 7.86. The molecule has 1 aliphatic rings. The van der Waals surface area contributed by atoms with E-state index in [1.165, 1.54) is 18.2 Å². The number of halogens is 1. The van der Waals surface area contributed by atoms with Gasteiger partial charge in [0, 0.05) is 24.0 Å². The van der Waals surface area contributed by atoms with Gasteiger partial charge in [-0.05, 0) is 44.1 Å². The lowest BCUT2D eigenvalue weighted by atomic mass is 9.88. The summed E-state index contributed by atoms with van der Waals surface area (Å²) in [6.07, 6.45) is 0.866. The molecular formula is C20H26FN3O2S. The first-order chi connectivity index (χ1) is 12.9. The lowest BCUT2D eigenvalue weighted by molar-refractivity contribution is -0.0241. The molecule has 1 N–H and O–H groups in total. The lowest BCUT2D eigenvalue weighted by Crippen LogP contribution is -2.45. The maximum Gasteiger partial charge on any atom is 0.253 e. The Morgan fingerprint density at radius 2 is 2.04 bits per heavy atom. The summed E-state index contributed by atoms with van der Waals surface area (Å²) in [5, 5.41) is 14.0. The number of thiazole rings is 1. The maximum atomic E-state index is 13.4. The van der Waals surface area contributed by atoms with Crippen LogP contribution in [0.4, 0.5) is 4.39 Å². The van der Waals surface area contributed by atoms with Crippen molar-refractivity contribution in [3.05, 3.63) is 51.7 Å². The Kier molecular flexibility index (Phi) is 6.24. The highest BCUT2D eigenvalue weighted by Gasteiger charge is 2.37. The van der Waals surface area contributed by atoms with Crippen molar-refractivity contribution in [2.45, 2.75) is 38.8 Å². The molecule has 1 aromatic carbocycles. The summed E-state index contributed by atoms with van der Waals surface area (Å²) >= 11 is 1.57. The van der Waals surface area contributed by atoms with Gasteiger partial charge in [-0.15, -0.1) is 11.3 Å². The largest absolute Gasteiger partial charge is 0.383 e. The molecule has 3 rings (SSSR count). The lowest BCUT2D eigenvalue weighted by Gasteiger charge is -2.37. The predicted octanol–water partition coefficient (Wildman–Crippen LogP) is 3.25. The number of likely N-dealkylation sites (tertiary alicyclic amines) is 1. The van der Waals surface area contributed by atoms with Crippen LogP contribution in [-0.4, -0.2) is 52.0 Å². The molecule has 0 spiro atoms. The van der Waals surface area contributed by atoms with Gasteiger partial charge in [0.15, 0.2) is 0 Å². The third-order valence-corrected chi connectivity index (χ3v) is 6.06. The van der Waals surface area contributed by atoms with Gasteiger partial charge in [0.2, 0.25) is 0 Å². The zero-order valence-corrected chi connectivity index (χ0v) is 16.6. The number of rotatable bonds is 6. The van der Waals surface area contributed by atoms with Gasteiger partial charge in [-0.3, -0.25) is 9.69 Å². The first-order valence-corrected chi connectivity index (χ1v) is 10.3. The number of hydrogen-bond donors (Lipinski definition) is 1. The summed E-state index contributed by atoms with van der Waals surface area (Å²) in [4.78, 5) is 21.2. The highest BCUT2D eigenvalue weighted by molar-refractivity contribution is 7.09. The van der Waals surface area contributed by atoms with E-state index in [0.29, 0.717) is 37.2 Å². The number of nitrogens with zero attached hydrogens (tertiary/aromatic N) is 3. The van der Waals surface area contributed by atoms with Gasteiger partial charge in [0.25, 0.3) is 5.91 Å². The second kappa shape index (κ2) is 8.46. The third-order valence-electron chi connectivity index (χ3n) is 5.23. The van der Waals surface area contributed by atoms with Gasteiger partial charge < -0.3 is 10.0 Å². The Bertz CT molecular complexity index is 783. The molecule has 0 atom stereocenters. The van der Waals surface area contributed by atoms with E-state index in [1.54, 1.807) is 22.3 Å². The minimum atomic E-state index is -1.00. The number of benzene rings is 1. The SMILES string of the molecule is CCN(CC)Cc1nc(C2(O)CCN(C(=O)c3cccc(F)c3)CC2)cs1. The first-order valence-electron chi connectivity index (χ1n) is 9.39. The van der Waals surface area contributed by atoms with Crippen LogP contribution >= 0.6 is 11.3 Å². The first kappa shape index (κ1) is 19.9. The van der Waals surface area contributed by atoms with E-state index in [9.17, 15) is 14.3 Å². The van der Waals surface area contributed by atoms with Crippen molar-refractivity contribution >= 4 is 17.2 Å². The molecule has 27 heavy (non-hydrogen) atoms. The minimum absolute atomic E-state index is 0.197. The molecule has 1 aliphatic heterocycles. The fourth-order valence-corrected chi connectivity index (χ4v) is 4.30. The number of carbonyl (C=O) groups is 1. The van der Waals surface area contributed by atoms with Crippen molar-refractivity contribution in [3.63, 3.8) is 0 Å². The predicted molar refractivity (Wildman–Crippen MR) is 104 cm³/mol. The van der Waals surface area contributed by atoms with Gasteiger partial charge in [0.1, 0.15) is 16.4 Å². The molecule has 1 saturated heterocycles. The van der Waals surface area contributed by atoms with Crippen LogP contribution in [0.2, 0.25) is 0 Å². The molecule has 0 saturated carbocycles. The fourth-order valence-electron chi connectivity index (χ4n) is 3.38. The summed E-state index contributed by atoms with van der Waals surface area (Å²) in [5.74, 6) is -0.616. The quantitative estimate of drug-likeness (QED) is 0.821. The van der Waals surface area contributed by atoms with Crippen LogP contribution in [0.1, 0.15) is 47.7 Å². The molecule has 2 aromatic rings. The molecule has 2 heterocycles. The highest BCUT2D eigenvalue weighted by atomic mass is 32.1. The third kappa shape index (κ3) is 4.54. The standard InChI is InChI=1S/C20H26FN3O2S/c1-3-23(4-2)13-18-22-17(14-27-18)20(26)8-10-24(11-9-20)19(25)15-6-5-7-16(21)12-15/h5-7,12,14,26H,3-4,8-11,13H2,1-2H3. The van der Waals surface area contributed by atoms with Crippen molar-refractivity contribution in [1.29, 1.82) is 0 Å². The van der Waals surface area contributed by atoms with Gasteiger partial charge >= 0.3 is 0 Å². The molecule has 5 nitrogen and oxygen atoms in total. The Labute approximate surface area is 163 Å². The van der Waals surface area contributed by atoms with Crippen molar-refractivity contribution in [3.8, 4) is 0 Å². The van der Waals surface area contributed by atoms with Crippen molar-refractivity contribution in [1.82, 2.24) is 14.8 Å². The van der Waals surface area contributed by atoms with E-state index in [4.69, 9.17) is 0 Å². The van der Waals surface area contributed by atoms with Crippen LogP contribution in [0.15, 0.2) is 29.6 Å². The number of amides is 1. The van der Waals surface area contributed by atoms with E-state index in [-0.39, 0.29) is 5.91 Å². The monoisotopic (exact) mass is 391 g/mol. The van der Waals surface area contributed by atoms with Gasteiger partial charge in [0.05, 0.1) is 12.2 Å². The zero-order chi connectivity index (χ0) is 19.4. The molecule has 1 fully saturated rings. The van der Waals surface area contributed by atoms with Crippen molar-refractivity contribution in [2.24, 2.45) is 0 Å². The molecule has 0 bridgehead atoms. The fraction of sp³-hybridized carbons (Fsp3) is 0.500. The van der Waals surface area contributed by atoms with E-state index in [2.05, 4.69) is 23.7 Å². The summed E-state index contributed by atoms with van der Waals surface area (Å²) in [6.45, 7) is 7.81. The van der Waals surface area contributed by atoms with Crippen molar-refractivity contribution in [2.75, 3.05) is 26.2 Å². The van der Waals surface area contributed by atoms with Crippen LogP contribution in [-0.2, 0) is 12.1 Å². The molecule has 7 heteroatoms. The summed E-state index contributed by atoms with van der Waals surface area (Å²) < 4.78 is 13.4. The summed E-state index contributed by atoms with van der Waals surface area (Å²) in [7, 11) is 0. The Balaban J connectivity index is 1.64. The number of aromatic nitrogens is 1. The number of aliphatic hydroxyl groups is 1. The Hall–Kier alpha value is -1.83. The molecule has 1 amide bonds. The van der Waals surface area contributed by atoms with Crippen molar-refractivity contribution < 1.29 is 14.3 Å². The molecule has 0 unspecified atom stereocenters. The van der Waals surface area contributed by atoms with E-state index in [1.807, 2.05) is 5.38 Å². The van der Waals surface area contributed by atoms with Gasteiger partial charge in [-0.25, -0.2) is 9.37 Å². The Morgan fingerprint density at radius 3 is 2.67 bits per heavy atom. The molecule has 1 aromatic heterocycles. The normalized spacial score (nSPS) is 16.7. The van der Waals surface area contributed by atoms with Crippen LogP contribution in [0.3, 0.4) is 0 Å². The van der Waals surface area contributed by atoms with Crippen LogP contribution in [0.5, 0.6) is 0 Å². The molecule has 146 valence electrons. The second-order valence-electron chi connectivity index (χ2n) is 6.92. The molecular weight excluding hydrogens is 365 g/mol. The maximum absolute atomic E-state index is 13.4. The number of piperidine rings is 1. The zero-order valence-electron chi connectivity index (χ0n) is 15.8. The number of hydrogen-bond acceptors (Lipinski definition) is 5. The minimum Gasteiger partial charge on any atom is -0.383 e. The Morgan fingerprint density at radius 1 is 1.33 bits per heavy atom. The molecule has 0 aliphatic carbocycles. The average Bonchev–Trinajstić information content (AvgIpc) is 3.15. The van der Waals surface area contributed by atoms with E-state index >= 15 is 0 Å². The number of carbonyl (C=O) groups excluding carboxylic acids is 1. The summed E-state index contributed by atoms with van der Waals surface area (Å²) in [5.41, 5.74) is 0.0413. The summed E-state index contributed by atoms with van der Waals surface area (Å²) in [6, 6.07) is 5.73. The average molecular weight is 392 g/mol. The van der Waals surface area contributed by atoms with Gasteiger partial charge in [-0.2, -0.15) is 0 Å². The smallest absolute Gasteiger partial charge is 0.253 e. The highest BCUT2D eigenvalue weighted by Crippen LogP contribution is 2.34. The van der Waals surface area contributed by atoms with Crippen LogP contribution < -0.4 is 0 Å². The van der Waals surface area contributed by atoms with Crippen LogP contribution in [0.25, 0.3) is 0 Å². The van der Waals surface area contributed by atoms with Gasteiger partial charge in [-0.1, -0.05) is 19.9 Å². The topological polar surface area (TPSA) is 56.7 Å². The van der Waals surface area contributed by atoms with E-state index < -0.39 is 11.4 Å².